The summed E-state index contributed by atoms with van der Waals surface area (Å²) in [5.74, 6) is -1.33. The van der Waals surface area contributed by atoms with Gasteiger partial charge in [-0.15, -0.1) is 0 Å². The van der Waals surface area contributed by atoms with Crippen LogP contribution in [0.15, 0.2) is 24.3 Å². The van der Waals surface area contributed by atoms with Crippen LogP contribution in [0.4, 0.5) is 9.18 Å². The molecule has 2 N–H and O–H groups in total. The number of carbonyl (C=O) groups excluding carboxylic acids is 3. The predicted octanol–water partition coefficient (Wildman–Crippen LogP) is 1.92. The standard InChI is InChI=1S/C19H26FN3O4/c1-3-4-10-19(14-6-8-15(20)9-7-14)17(25)23(18(26)22-19)13-16(24)21-11-5-12-27-2/h6-9H,3-5,10-13H2,1-2H3,(H,21,24)(H,22,26)/t19-/m1/s1. The number of halogens is 1. The third-order valence-corrected chi connectivity index (χ3v) is 4.57. The van der Waals surface area contributed by atoms with Crippen LogP contribution in [0, 0.1) is 5.82 Å². The largest absolute Gasteiger partial charge is 0.385 e. The van der Waals surface area contributed by atoms with Crippen molar-refractivity contribution in [1.29, 1.82) is 0 Å². The van der Waals surface area contributed by atoms with E-state index < -0.39 is 29.2 Å². The second-order valence-electron chi connectivity index (χ2n) is 6.53. The lowest BCUT2D eigenvalue weighted by atomic mass is 9.85. The van der Waals surface area contributed by atoms with E-state index in [2.05, 4.69) is 10.6 Å². The van der Waals surface area contributed by atoms with Crippen LogP contribution in [0.5, 0.6) is 0 Å². The van der Waals surface area contributed by atoms with Crippen molar-refractivity contribution in [1.82, 2.24) is 15.5 Å². The Morgan fingerprint density at radius 1 is 1.26 bits per heavy atom. The molecule has 0 saturated carbocycles. The van der Waals surface area contributed by atoms with Crippen LogP contribution in [0.1, 0.15) is 38.2 Å². The molecule has 1 saturated heterocycles. The van der Waals surface area contributed by atoms with Crippen molar-refractivity contribution in [2.24, 2.45) is 0 Å². The number of imide groups is 1. The monoisotopic (exact) mass is 379 g/mol. The summed E-state index contributed by atoms with van der Waals surface area (Å²) >= 11 is 0. The van der Waals surface area contributed by atoms with E-state index in [0.717, 1.165) is 11.3 Å². The molecule has 1 atom stereocenters. The lowest BCUT2D eigenvalue weighted by molar-refractivity contribution is -0.135. The van der Waals surface area contributed by atoms with Gasteiger partial charge in [0.05, 0.1) is 0 Å². The van der Waals surface area contributed by atoms with Crippen LogP contribution in [-0.2, 0) is 19.9 Å². The predicted molar refractivity (Wildman–Crippen MR) is 97.4 cm³/mol. The Morgan fingerprint density at radius 2 is 1.96 bits per heavy atom. The average molecular weight is 379 g/mol. The Bertz CT molecular complexity index is 680. The molecule has 0 bridgehead atoms. The van der Waals surface area contributed by atoms with Gasteiger partial charge in [0.2, 0.25) is 5.91 Å². The molecule has 8 heteroatoms. The quantitative estimate of drug-likeness (QED) is 0.480. The Labute approximate surface area is 158 Å². The highest BCUT2D eigenvalue weighted by Gasteiger charge is 2.52. The molecule has 4 amide bonds. The molecule has 0 aromatic heterocycles. The van der Waals surface area contributed by atoms with Gasteiger partial charge in [0, 0.05) is 20.3 Å². The lowest BCUT2D eigenvalue weighted by Gasteiger charge is -2.27. The molecule has 0 radical (unpaired) electrons. The van der Waals surface area contributed by atoms with E-state index in [-0.39, 0.29) is 6.54 Å². The van der Waals surface area contributed by atoms with Gasteiger partial charge in [-0.2, -0.15) is 0 Å². The Balaban J connectivity index is 2.15. The molecule has 1 aliphatic heterocycles. The van der Waals surface area contributed by atoms with E-state index in [1.54, 1.807) is 7.11 Å². The van der Waals surface area contributed by atoms with Crippen molar-refractivity contribution in [2.45, 2.75) is 38.1 Å². The molecule has 0 aliphatic carbocycles. The zero-order chi connectivity index (χ0) is 19.9. The molecule has 7 nitrogen and oxygen atoms in total. The van der Waals surface area contributed by atoms with Gasteiger partial charge in [0.15, 0.2) is 0 Å². The van der Waals surface area contributed by atoms with Gasteiger partial charge in [-0.25, -0.2) is 9.18 Å². The van der Waals surface area contributed by atoms with Crippen molar-refractivity contribution >= 4 is 17.8 Å². The lowest BCUT2D eigenvalue weighted by Crippen LogP contribution is -2.45. The van der Waals surface area contributed by atoms with E-state index in [1.165, 1.54) is 24.3 Å². The van der Waals surface area contributed by atoms with E-state index in [0.29, 0.717) is 38.0 Å². The summed E-state index contributed by atoms with van der Waals surface area (Å²) in [5.41, 5.74) is -0.754. The second kappa shape index (κ2) is 9.45. The summed E-state index contributed by atoms with van der Waals surface area (Å²) in [6, 6.07) is 4.89. The van der Waals surface area contributed by atoms with E-state index in [9.17, 15) is 18.8 Å². The molecule has 0 unspecified atom stereocenters. The maximum atomic E-state index is 13.3. The first-order chi connectivity index (χ1) is 12.9. The average Bonchev–Trinajstić information content (AvgIpc) is 2.89. The first kappa shape index (κ1) is 20.8. The summed E-state index contributed by atoms with van der Waals surface area (Å²) < 4.78 is 18.2. The van der Waals surface area contributed by atoms with Crippen molar-refractivity contribution in [3.8, 4) is 0 Å². The summed E-state index contributed by atoms with van der Waals surface area (Å²) in [5, 5.41) is 5.40. The molecule has 1 fully saturated rings. The molecule has 0 spiro atoms. The van der Waals surface area contributed by atoms with Crippen LogP contribution in [0.2, 0.25) is 0 Å². The molecule has 148 valence electrons. The van der Waals surface area contributed by atoms with Crippen LogP contribution >= 0.6 is 0 Å². The molecule has 27 heavy (non-hydrogen) atoms. The van der Waals surface area contributed by atoms with Gasteiger partial charge in [0.1, 0.15) is 17.9 Å². The van der Waals surface area contributed by atoms with Crippen molar-refractivity contribution in [3.63, 3.8) is 0 Å². The number of benzene rings is 1. The Morgan fingerprint density at radius 3 is 2.59 bits per heavy atom. The molecule has 1 heterocycles. The van der Waals surface area contributed by atoms with Gasteiger partial charge in [-0.3, -0.25) is 14.5 Å². The van der Waals surface area contributed by atoms with Crippen LogP contribution in [0.25, 0.3) is 0 Å². The molecule has 1 aliphatic rings. The summed E-state index contributed by atoms with van der Waals surface area (Å²) in [7, 11) is 1.57. The van der Waals surface area contributed by atoms with Gasteiger partial charge in [-0.05, 0) is 30.5 Å². The fraction of sp³-hybridized carbons (Fsp3) is 0.526. The molecule has 2 rings (SSSR count). The zero-order valence-electron chi connectivity index (χ0n) is 15.7. The highest BCUT2D eigenvalue weighted by atomic mass is 19.1. The maximum absolute atomic E-state index is 13.3. The third-order valence-electron chi connectivity index (χ3n) is 4.57. The van der Waals surface area contributed by atoms with E-state index in [1.807, 2.05) is 6.92 Å². The van der Waals surface area contributed by atoms with Gasteiger partial charge < -0.3 is 15.4 Å². The summed E-state index contributed by atoms with van der Waals surface area (Å²) in [4.78, 5) is 38.5. The third kappa shape index (κ3) is 4.82. The molecule has 1 aromatic carbocycles. The van der Waals surface area contributed by atoms with Gasteiger partial charge >= 0.3 is 6.03 Å². The van der Waals surface area contributed by atoms with Crippen LogP contribution < -0.4 is 10.6 Å². The number of unbranched alkanes of at least 4 members (excludes halogenated alkanes) is 1. The summed E-state index contributed by atoms with van der Waals surface area (Å²) in [6.45, 7) is 2.53. The van der Waals surface area contributed by atoms with Crippen LogP contribution in [-0.4, -0.2) is 49.6 Å². The summed E-state index contributed by atoms with van der Waals surface area (Å²) in [6.07, 6.45) is 2.54. The van der Waals surface area contributed by atoms with E-state index >= 15 is 0 Å². The number of carbonyl (C=O) groups is 3. The Hall–Kier alpha value is -2.48. The smallest absolute Gasteiger partial charge is 0.325 e. The molecular formula is C19H26FN3O4. The number of nitrogens with zero attached hydrogens (tertiary/aromatic N) is 1. The van der Waals surface area contributed by atoms with Gasteiger partial charge in [-0.1, -0.05) is 31.9 Å². The highest BCUT2D eigenvalue weighted by molar-refractivity contribution is 6.09. The van der Waals surface area contributed by atoms with Crippen molar-refractivity contribution < 1.29 is 23.5 Å². The highest BCUT2D eigenvalue weighted by Crippen LogP contribution is 2.34. The van der Waals surface area contributed by atoms with Gasteiger partial charge in [0.25, 0.3) is 5.91 Å². The number of urea groups is 1. The normalized spacial score (nSPS) is 19.3. The molecular weight excluding hydrogens is 353 g/mol. The fourth-order valence-electron chi connectivity index (χ4n) is 3.10. The van der Waals surface area contributed by atoms with E-state index in [4.69, 9.17) is 4.74 Å². The van der Waals surface area contributed by atoms with Crippen LogP contribution in [0.3, 0.4) is 0 Å². The molecule has 1 aromatic rings. The minimum absolute atomic E-state index is 0.354. The minimum atomic E-state index is -1.27. The number of hydrogen-bond donors (Lipinski definition) is 2. The minimum Gasteiger partial charge on any atom is -0.385 e. The number of methoxy groups -OCH3 is 1. The second-order valence-corrected chi connectivity index (χ2v) is 6.53. The Kier molecular flexibility index (Phi) is 7.29. The number of hydrogen-bond acceptors (Lipinski definition) is 4. The zero-order valence-corrected chi connectivity index (χ0v) is 15.7. The number of ether oxygens (including phenoxy) is 1. The van der Waals surface area contributed by atoms with Crippen molar-refractivity contribution in [2.75, 3.05) is 26.8 Å². The number of rotatable bonds is 10. The fourth-order valence-corrected chi connectivity index (χ4v) is 3.10. The SMILES string of the molecule is CCCC[C@]1(c2ccc(F)cc2)NC(=O)N(CC(=O)NCCCOC)C1=O. The maximum Gasteiger partial charge on any atom is 0.325 e. The topological polar surface area (TPSA) is 87.7 Å². The number of amides is 4. The number of nitrogens with one attached hydrogen (secondary N) is 2. The van der Waals surface area contributed by atoms with Crippen molar-refractivity contribution in [3.05, 3.63) is 35.6 Å². The first-order valence-corrected chi connectivity index (χ1v) is 9.10. The first-order valence-electron chi connectivity index (χ1n) is 9.10.